The van der Waals surface area contributed by atoms with Gasteiger partial charge in [0.15, 0.2) is 0 Å². The largest absolute Gasteiger partial charge is 0.398 e. The highest BCUT2D eigenvalue weighted by Gasteiger charge is 2.30. The molecule has 2 aliphatic carbocycles. The lowest BCUT2D eigenvalue weighted by Gasteiger charge is -2.34. The summed E-state index contributed by atoms with van der Waals surface area (Å²) in [7, 11) is 0. The van der Waals surface area contributed by atoms with Gasteiger partial charge in [0.05, 0.1) is 0 Å². The Morgan fingerprint density at radius 1 is 1.29 bits per heavy atom. The first-order valence-electron chi connectivity index (χ1n) is 10.1. The molecule has 4 nitrogen and oxygen atoms in total. The first-order valence-corrected chi connectivity index (χ1v) is 10.1. The van der Waals surface area contributed by atoms with E-state index in [9.17, 15) is 0 Å². The number of nitrogens with zero attached hydrogens (tertiary/aromatic N) is 1. The van der Waals surface area contributed by atoms with Gasteiger partial charge < -0.3 is 11.1 Å². The van der Waals surface area contributed by atoms with Crippen LogP contribution in [0.15, 0.2) is 42.4 Å². The molecule has 0 bridgehead atoms. The number of pyridine rings is 1. The average Bonchev–Trinajstić information content (AvgIpc) is 2.63. The third kappa shape index (κ3) is 3.59. The van der Waals surface area contributed by atoms with Crippen LogP contribution in [-0.2, 0) is 0 Å². The van der Waals surface area contributed by atoms with E-state index in [4.69, 9.17) is 11.1 Å². The van der Waals surface area contributed by atoms with Crippen molar-refractivity contribution < 1.29 is 0 Å². The fraction of sp³-hybridized carbons (Fsp3) is 0.333. The lowest BCUT2D eigenvalue weighted by atomic mass is 9.74. The van der Waals surface area contributed by atoms with Crippen LogP contribution in [0.4, 0.5) is 5.69 Å². The molecule has 4 heteroatoms. The molecule has 4 rings (SSSR count). The first kappa shape index (κ1) is 18.5. The second-order valence-electron chi connectivity index (χ2n) is 8.07. The van der Waals surface area contributed by atoms with Crippen LogP contribution in [0.25, 0.3) is 23.3 Å². The summed E-state index contributed by atoms with van der Waals surface area (Å²) in [6.45, 7) is 4.33. The van der Waals surface area contributed by atoms with Gasteiger partial charge in [-0.15, -0.1) is 0 Å². The Balaban J connectivity index is 1.71. The fourth-order valence-electron chi connectivity index (χ4n) is 4.09. The van der Waals surface area contributed by atoms with Crippen molar-refractivity contribution in [1.82, 2.24) is 10.3 Å². The van der Waals surface area contributed by atoms with Gasteiger partial charge in [-0.05, 0) is 79.5 Å². The predicted octanol–water partition coefficient (Wildman–Crippen LogP) is 5.40. The summed E-state index contributed by atoms with van der Waals surface area (Å²) in [6.07, 6.45) is 14.4. The van der Waals surface area contributed by atoms with Crippen LogP contribution in [0.3, 0.4) is 0 Å². The summed E-state index contributed by atoms with van der Waals surface area (Å²) in [5.74, 6) is 1.64. The quantitative estimate of drug-likeness (QED) is 0.383. The summed E-state index contributed by atoms with van der Waals surface area (Å²) < 4.78 is 0. The smallest absolute Gasteiger partial charge is 0.101 e. The summed E-state index contributed by atoms with van der Waals surface area (Å²) >= 11 is 0. The Bertz CT molecular complexity index is 971. The van der Waals surface area contributed by atoms with Crippen molar-refractivity contribution in [1.29, 1.82) is 5.41 Å². The highest BCUT2D eigenvalue weighted by molar-refractivity contribution is 5.87. The Hall–Kier alpha value is -2.88. The van der Waals surface area contributed by atoms with Crippen molar-refractivity contribution >= 4 is 23.7 Å². The summed E-state index contributed by atoms with van der Waals surface area (Å²) in [5, 5.41) is 11.9. The van der Waals surface area contributed by atoms with Crippen molar-refractivity contribution in [2.24, 2.45) is 11.8 Å². The van der Waals surface area contributed by atoms with Crippen LogP contribution in [0, 0.1) is 24.2 Å². The van der Waals surface area contributed by atoms with Crippen LogP contribution in [0.5, 0.6) is 0 Å². The van der Waals surface area contributed by atoms with Crippen LogP contribution < -0.4 is 11.1 Å². The van der Waals surface area contributed by atoms with Gasteiger partial charge >= 0.3 is 0 Å². The maximum Gasteiger partial charge on any atom is 0.101 e. The number of hydrogen-bond acceptors (Lipinski definition) is 3. The molecule has 28 heavy (non-hydrogen) atoms. The minimum absolute atomic E-state index is 0.371. The molecule has 2 aliphatic rings. The number of hydrogen-bond donors (Lipinski definition) is 3. The zero-order chi connectivity index (χ0) is 19.7. The number of nitrogens with two attached hydrogens (primary N) is 1. The number of amidine groups is 1. The Morgan fingerprint density at radius 3 is 2.86 bits per heavy atom. The zero-order valence-electron chi connectivity index (χ0n) is 16.6. The van der Waals surface area contributed by atoms with Crippen LogP contribution in [0.1, 0.15) is 49.3 Å². The number of fused-ring (bicyclic) bond motifs is 1. The lowest BCUT2D eigenvalue weighted by Crippen LogP contribution is -2.38. The minimum Gasteiger partial charge on any atom is -0.398 e. The lowest BCUT2D eigenvalue weighted by molar-refractivity contribution is 0.266. The van der Waals surface area contributed by atoms with Crippen LogP contribution in [0.2, 0.25) is 0 Å². The zero-order valence-corrected chi connectivity index (χ0v) is 16.6. The Labute approximate surface area is 167 Å². The molecule has 2 atom stereocenters. The second-order valence-corrected chi connectivity index (χ2v) is 8.07. The molecule has 1 saturated carbocycles. The van der Waals surface area contributed by atoms with E-state index in [0.717, 1.165) is 52.9 Å². The van der Waals surface area contributed by atoms with Crippen molar-refractivity contribution in [2.75, 3.05) is 5.73 Å². The SMILES string of the molecule is Cc1ccncc1-c1cc(N)c2c(c1)/C=C(/NC(=N)C1CCC1C)CC/C=C\2. The summed E-state index contributed by atoms with van der Waals surface area (Å²) in [4.78, 5) is 4.28. The van der Waals surface area contributed by atoms with Gasteiger partial charge in [0.1, 0.15) is 5.84 Å². The van der Waals surface area contributed by atoms with Crippen molar-refractivity contribution in [3.8, 4) is 11.1 Å². The number of allylic oxidation sites excluding steroid dienone is 2. The molecule has 1 aromatic carbocycles. The molecule has 0 radical (unpaired) electrons. The number of aromatic nitrogens is 1. The van der Waals surface area contributed by atoms with Crippen molar-refractivity contribution in [2.45, 2.75) is 39.5 Å². The highest BCUT2D eigenvalue weighted by Crippen LogP contribution is 2.35. The number of anilines is 1. The predicted molar refractivity (Wildman–Crippen MR) is 118 cm³/mol. The second kappa shape index (κ2) is 7.63. The molecule has 0 spiro atoms. The number of benzene rings is 1. The van der Waals surface area contributed by atoms with Gasteiger partial charge in [-0.25, -0.2) is 0 Å². The fourth-order valence-corrected chi connectivity index (χ4v) is 4.09. The monoisotopic (exact) mass is 372 g/mol. The molecular formula is C24H28N4. The van der Waals surface area contributed by atoms with E-state index in [2.05, 4.69) is 48.4 Å². The van der Waals surface area contributed by atoms with E-state index < -0.39 is 0 Å². The molecule has 2 unspecified atom stereocenters. The molecule has 1 aromatic heterocycles. The van der Waals surface area contributed by atoms with E-state index in [-0.39, 0.29) is 0 Å². The molecule has 2 aromatic rings. The van der Waals surface area contributed by atoms with Crippen molar-refractivity contribution in [3.63, 3.8) is 0 Å². The number of nitrogens with one attached hydrogen (secondary N) is 2. The third-order valence-electron chi connectivity index (χ3n) is 6.07. The molecule has 144 valence electrons. The summed E-state index contributed by atoms with van der Waals surface area (Å²) in [5.41, 5.74) is 13.8. The molecule has 1 fully saturated rings. The van der Waals surface area contributed by atoms with Gasteiger partial charge in [-0.2, -0.15) is 0 Å². The number of aryl methyl sites for hydroxylation is 1. The average molecular weight is 373 g/mol. The van der Waals surface area contributed by atoms with E-state index >= 15 is 0 Å². The normalized spacial score (nSPS) is 24.0. The molecule has 0 aliphatic heterocycles. The Kier molecular flexibility index (Phi) is 5.03. The molecule has 4 N–H and O–H groups in total. The molecule has 0 saturated heterocycles. The molecular weight excluding hydrogens is 344 g/mol. The molecule has 1 heterocycles. The maximum atomic E-state index is 8.47. The Morgan fingerprint density at radius 2 is 2.14 bits per heavy atom. The van der Waals surface area contributed by atoms with Crippen LogP contribution >= 0.6 is 0 Å². The van der Waals surface area contributed by atoms with E-state index in [1.54, 1.807) is 0 Å². The topological polar surface area (TPSA) is 74.8 Å². The first-order chi connectivity index (χ1) is 13.5. The van der Waals surface area contributed by atoms with Gasteiger partial charge in [0.25, 0.3) is 0 Å². The van der Waals surface area contributed by atoms with Gasteiger partial charge in [0.2, 0.25) is 0 Å². The van der Waals surface area contributed by atoms with E-state index in [1.165, 1.54) is 12.0 Å². The van der Waals surface area contributed by atoms with Crippen molar-refractivity contribution in [3.05, 3.63) is 59.1 Å². The number of rotatable bonds is 3. The standard InChI is InChI=1S/C24H28N4/c1-15-7-8-20(15)24(26)28-19-5-3-4-6-21-17(12-19)11-18(13-23(21)25)22-14-27-10-9-16(22)2/h4,6,9-15,20H,3,5,7-8,25H2,1-2H3,(H2,26,28)/b6-4-,19-12+. The van der Waals surface area contributed by atoms with Gasteiger partial charge in [-0.3, -0.25) is 10.4 Å². The van der Waals surface area contributed by atoms with Gasteiger partial charge in [0, 0.05) is 40.8 Å². The number of nitrogen functional groups attached to an aromatic ring is 1. The van der Waals surface area contributed by atoms with E-state index in [0.29, 0.717) is 17.7 Å². The third-order valence-corrected chi connectivity index (χ3v) is 6.07. The summed E-state index contributed by atoms with van der Waals surface area (Å²) in [6, 6.07) is 6.24. The maximum absolute atomic E-state index is 8.47. The highest BCUT2D eigenvalue weighted by atomic mass is 15.0. The van der Waals surface area contributed by atoms with Crippen LogP contribution in [-0.4, -0.2) is 10.8 Å². The molecule has 0 amide bonds. The van der Waals surface area contributed by atoms with E-state index in [1.807, 2.05) is 24.5 Å². The minimum atomic E-state index is 0.371. The van der Waals surface area contributed by atoms with Gasteiger partial charge in [-0.1, -0.05) is 19.1 Å².